The van der Waals surface area contributed by atoms with E-state index in [-0.39, 0.29) is 5.82 Å². The summed E-state index contributed by atoms with van der Waals surface area (Å²) in [6, 6.07) is 10.1. The summed E-state index contributed by atoms with van der Waals surface area (Å²) in [5.41, 5.74) is 7.91. The summed E-state index contributed by atoms with van der Waals surface area (Å²) in [6.07, 6.45) is -0.492. The van der Waals surface area contributed by atoms with Crippen LogP contribution in [0.2, 0.25) is 0 Å². The summed E-state index contributed by atoms with van der Waals surface area (Å²) < 4.78 is 7.50. The van der Waals surface area contributed by atoms with E-state index in [4.69, 9.17) is 10.5 Å². The number of thioether (sulfide) groups is 1. The van der Waals surface area contributed by atoms with Gasteiger partial charge in [-0.25, -0.2) is 15.0 Å². The molecule has 26 heavy (non-hydrogen) atoms. The lowest BCUT2D eigenvalue weighted by Crippen LogP contribution is -2.32. The second-order valence-corrected chi connectivity index (χ2v) is 7.16. The Balaban J connectivity index is 1.46. The lowest BCUT2D eigenvalue weighted by atomic mass is 10.1. The Labute approximate surface area is 154 Å². The predicted molar refractivity (Wildman–Crippen MR) is 98.3 cm³/mol. The third-order valence-electron chi connectivity index (χ3n) is 4.39. The van der Waals surface area contributed by atoms with Gasteiger partial charge in [-0.2, -0.15) is 11.8 Å². The summed E-state index contributed by atoms with van der Waals surface area (Å²) in [5, 5.41) is 20.8. The van der Waals surface area contributed by atoms with Crippen LogP contribution in [0.1, 0.15) is 11.8 Å². The second kappa shape index (κ2) is 7.20. The van der Waals surface area contributed by atoms with Crippen molar-refractivity contribution in [2.24, 2.45) is 0 Å². The number of imidazole rings is 1. The molecule has 3 heterocycles. The Bertz CT molecular complexity index is 890. The lowest BCUT2D eigenvalue weighted by molar-refractivity contribution is -0.0289. The Morgan fingerprint density at radius 1 is 1.12 bits per heavy atom. The molecule has 0 spiro atoms. The van der Waals surface area contributed by atoms with E-state index in [0.29, 0.717) is 16.9 Å². The minimum absolute atomic E-state index is 0.261. The van der Waals surface area contributed by atoms with Crippen molar-refractivity contribution < 1.29 is 14.9 Å². The molecule has 136 valence electrons. The highest BCUT2D eigenvalue weighted by molar-refractivity contribution is 7.98. The van der Waals surface area contributed by atoms with Gasteiger partial charge >= 0.3 is 0 Å². The molecule has 1 unspecified atom stereocenters. The number of nitrogens with two attached hydrogens (primary N) is 1. The van der Waals surface area contributed by atoms with Gasteiger partial charge < -0.3 is 20.7 Å². The zero-order valence-corrected chi connectivity index (χ0v) is 14.7. The number of aliphatic hydroxyl groups excluding tert-OH is 2. The summed E-state index contributed by atoms with van der Waals surface area (Å²) in [7, 11) is 0. The van der Waals surface area contributed by atoms with Crippen molar-refractivity contribution in [3.05, 3.63) is 48.5 Å². The smallest absolute Gasteiger partial charge is 0.167 e. The predicted octanol–water partition coefficient (Wildman–Crippen LogP) is 0.961. The topological polar surface area (TPSA) is 119 Å². The largest absolute Gasteiger partial charge is 0.387 e. The number of rotatable bonds is 5. The Morgan fingerprint density at radius 2 is 1.92 bits per heavy atom. The average molecular weight is 373 g/mol. The molecule has 8 nitrogen and oxygen atoms in total. The van der Waals surface area contributed by atoms with E-state index in [2.05, 4.69) is 27.1 Å². The van der Waals surface area contributed by atoms with Crippen LogP contribution >= 0.6 is 11.8 Å². The number of anilines is 1. The molecule has 1 aromatic carbocycles. The minimum atomic E-state index is -1.08. The molecular weight excluding hydrogens is 354 g/mol. The first-order chi connectivity index (χ1) is 12.6. The van der Waals surface area contributed by atoms with Gasteiger partial charge in [0.25, 0.3) is 0 Å². The highest BCUT2D eigenvalue weighted by Crippen LogP contribution is 2.33. The van der Waals surface area contributed by atoms with Crippen molar-refractivity contribution in [2.45, 2.75) is 30.3 Å². The summed E-state index contributed by atoms with van der Waals surface area (Å²) >= 11 is 1.65. The maximum Gasteiger partial charge on any atom is 0.167 e. The first-order valence-electron chi connectivity index (χ1n) is 8.21. The molecule has 3 aromatic rings. The average Bonchev–Trinajstić information content (AvgIpc) is 3.20. The van der Waals surface area contributed by atoms with E-state index in [9.17, 15) is 10.2 Å². The van der Waals surface area contributed by atoms with E-state index in [1.807, 2.05) is 18.2 Å². The SMILES string of the molecule is Nc1ncnc2c1ncn2[C@@H]1O[C@H](CSCc2ccccc2)C(O)[C@@H]1O. The van der Waals surface area contributed by atoms with Crippen LogP contribution in [-0.4, -0.2) is 53.8 Å². The monoisotopic (exact) mass is 373 g/mol. The van der Waals surface area contributed by atoms with Gasteiger partial charge in [0.2, 0.25) is 0 Å². The lowest BCUT2D eigenvalue weighted by Gasteiger charge is -2.16. The Hall–Kier alpha value is -2.20. The number of aliphatic hydroxyl groups is 2. The zero-order chi connectivity index (χ0) is 18.1. The number of nitrogen functional groups attached to an aromatic ring is 1. The molecule has 4 atom stereocenters. The van der Waals surface area contributed by atoms with Crippen molar-refractivity contribution in [2.75, 3.05) is 11.5 Å². The van der Waals surface area contributed by atoms with Gasteiger partial charge in [0.1, 0.15) is 24.1 Å². The van der Waals surface area contributed by atoms with Crippen LogP contribution in [-0.2, 0) is 10.5 Å². The van der Waals surface area contributed by atoms with Gasteiger partial charge in [-0.05, 0) is 5.56 Å². The fraction of sp³-hybridized carbons (Fsp3) is 0.353. The molecule has 1 saturated heterocycles. The highest BCUT2D eigenvalue weighted by atomic mass is 32.2. The quantitative estimate of drug-likeness (QED) is 0.605. The van der Waals surface area contributed by atoms with Gasteiger partial charge in [0.05, 0.1) is 12.4 Å². The fourth-order valence-corrected chi connectivity index (χ4v) is 4.07. The summed E-state index contributed by atoms with van der Waals surface area (Å²) in [5.74, 6) is 1.64. The molecule has 0 amide bonds. The molecule has 1 aliphatic rings. The van der Waals surface area contributed by atoms with E-state index in [0.717, 1.165) is 5.75 Å². The third-order valence-corrected chi connectivity index (χ3v) is 5.49. The number of nitrogens with zero attached hydrogens (tertiary/aromatic N) is 4. The second-order valence-electron chi connectivity index (χ2n) is 6.13. The number of aromatic nitrogens is 4. The Kier molecular flexibility index (Phi) is 4.77. The van der Waals surface area contributed by atoms with Crippen molar-refractivity contribution in [3.8, 4) is 0 Å². The first kappa shape index (κ1) is 17.2. The van der Waals surface area contributed by atoms with Gasteiger partial charge in [0, 0.05) is 11.5 Å². The van der Waals surface area contributed by atoms with E-state index >= 15 is 0 Å². The molecule has 0 bridgehead atoms. The highest BCUT2D eigenvalue weighted by Gasteiger charge is 2.44. The molecule has 0 aliphatic carbocycles. The van der Waals surface area contributed by atoms with Crippen LogP contribution in [0.3, 0.4) is 0 Å². The third kappa shape index (κ3) is 3.14. The van der Waals surface area contributed by atoms with E-state index in [1.165, 1.54) is 18.2 Å². The van der Waals surface area contributed by atoms with Gasteiger partial charge in [-0.1, -0.05) is 30.3 Å². The standard InChI is InChI=1S/C17H19N5O3S/c18-15-12-16(20-8-19-15)22(9-21-12)17-14(24)13(23)11(25-17)7-26-6-10-4-2-1-3-5-10/h1-5,8-9,11,13-14,17,23-24H,6-7H2,(H2,18,19,20)/t11-,13?,14+,17-/m1/s1. The fourth-order valence-electron chi connectivity index (χ4n) is 3.02. The van der Waals surface area contributed by atoms with Crippen LogP contribution in [0.15, 0.2) is 43.0 Å². The molecule has 0 radical (unpaired) electrons. The number of hydrogen-bond acceptors (Lipinski definition) is 8. The van der Waals surface area contributed by atoms with Crippen molar-refractivity contribution >= 4 is 28.7 Å². The van der Waals surface area contributed by atoms with Gasteiger partial charge in [0.15, 0.2) is 17.7 Å². The van der Waals surface area contributed by atoms with E-state index in [1.54, 1.807) is 16.3 Å². The number of fused-ring (bicyclic) bond motifs is 1. The van der Waals surface area contributed by atoms with Crippen LogP contribution in [0.4, 0.5) is 5.82 Å². The molecule has 9 heteroatoms. The van der Waals surface area contributed by atoms with Crippen LogP contribution in [0, 0.1) is 0 Å². The minimum Gasteiger partial charge on any atom is -0.387 e. The molecule has 1 aliphatic heterocycles. The van der Waals surface area contributed by atoms with Crippen LogP contribution < -0.4 is 5.73 Å². The molecule has 2 aromatic heterocycles. The Morgan fingerprint density at radius 3 is 2.73 bits per heavy atom. The first-order valence-corrected chi connectivity index (χ1v) is 9.37. The van der Waals surface area contributed by atoms with Gasteiger partial charge in [-0.15, -0.1) is 0 Å². The molecule has 1 fully saturated rings. The molecule has 4 rings (SSSR count). The molecule has 0 saturated carbocycles. The van der Waals surface area contributed by atoms with Crippen molar-refractivity contribution in [1.82, 2.24) is 19.5 Å². The van der Waals surface area contributed by atoms with Gasteiger partial charge in [-0.3, -0.25) is 4.57 Å². The maximum absolute atomic E-state index is 10.4. The molecular formula is C17H19N5O3S. The number of benzene rings is 1. The maximum atomic E-state index is 10.4. The van der Waals surface area contributed by atoms with Crippen molar-refractivity contribution in [3.63, 3.8) is 0 Å². The van der Waals surface area contributed by atoms with E-state index < -0.39 is 24.5 Å². The van der Waals surface area contributed by atoms with Crippen molar-refractivity contribution in [1.29, 1.82) is 0 Å². The molecule has 4 N–H and O–H groups in total. The van der Waals surface area contributed by atoms with Crippen LogP contribution in [0.5, 0.6) is 0 Å². The van der Waals surface area contributed by atoms with Crippen LogP contribution in [0.25, 0.3) is 11.2 Å². The number of ether oxygens (including phenoxy) is 1. The summed E-state index contributed by atoms with van der Waals surface area (Å²) in [4.78, 5) is 12.2. The summed E-state index contributed by atoms with van der Waals surface area (Å²) in [6.45, 7) is 0. The number of hydrogen-bond donors (Lipinski definition) is 3. The zero-order valence-electron chi connectivity index (χ0n) is 13.8. The normalized spacial score (nSPS) is 25.8.